The zero-order valence-corrected chi connectivity index (χ0v) is 13.9. The van der Waals surface area contributed by atoms with Gasteiger partial charge in [-0.05, 0) is 39.8 Å². The first kappa shape index (κ1) is 15.3. The van der Waals surface area contributed by atoms with E-state index in [1.165, 1.54) is 0 Å². The van der Waals surface area contributed by atoms with E-state index >= 15 is 0 Å². The topological polar surface area (TPSA) is 43.2 Å². The van der Waals surface area contributed by atoms with Gasteiger partial charge in [0.1, 0.15) is 27.9 Å². The van der Waals surface area contributed by atoms with Crippen molar-refractivity contribution in [1.29, 1.82) is 0 Å². The summed E-state index contributed by atoms with van der Waals surface area (Å²) in [6.07, 6.45) is 8.50. The summed E-state index contributed by atoms with van der Waals surface area (Å²) in [5.41, 5.74) is 1.80. The van der Waals surface area contributed by atoms with Crippen LogP contribution in [0.1, 0.15) is 34.1 Å². The van der Waals surface area contributed by atoms with Crippen LogP contribution in [0, 0.1) is 0 Å². The van der Waals surface area contributed by atoms with E-state index < -0.39 is 0 Å². The molecule has 0 radical (unpaired) electrons. The molecule has 0 N–H and O–H groups in total. The summed E-state index contributed by atoms with van der Waals surface area (Å²) in [7, 11) is 0. The second-order valence-electron chi connectivity index (χ2n) is 5.25. The lowest BCUT2D eigenvalue weighted by molar-refractivity contribution is 0.399. The van der Waals surface area contributed by atoms with Crippen molar-refractivity contribution < 1.29 is 9.47 Å². The van der Waals surface area contributed by atoms with Gasteiger partial charge < -0.3 is 9.47 Å². The summed E-state index contributed by atoms with van der Waals surface area (Å²) in [5.74, 6) is 3.06. The zero-order valence-electron chi connectivity index (χ0n) is 13.9. The van der Waals surface area contributed by atoms with Gasteiger partial charge in [-0.3, -0.25) is 0 Å². The van der Waals surface area contributed by atoms with Gasteiger partial charge in [-0.25, -0.2) is 9.98 Å². The molecule has 4 nitrogen and oxygen atoms in total. The molecule has 0 saturated heterocycles. The summed E-state index contributed by atoms with van der Waals surface area (Å²) in [4.78, 5) is 9.35. The fourth-order valence-electron chi connectivity index (χ4n) is 2.52. The minimum absolute atomic E-state index is 0.685. The Morgan fingerprint density at radius 2 is 1.52 bits per heavy atom. The predicted octanol–water partition coefficient (Wildman–Crippen LogP) is 3.72. The van der Waals surface area contributed by atoms with Gasteiger partial charge in [0.2, 0.25) is 0 Å². The molecule has 0 amide bonds. The fourth-order valence-corrected chi connectivity index (χ4v) is 2.52. The summed E-state index contributed by atoms with van der Waals surface area (Å²) < 4.78 is 12.0. The van der Waals surface area contributed by atoms with Crippen LogP contribution in [-0.2, 0) is 0 Å². The number of allylic oxidation sites excluding steroid dienone is 4. The first-order valence-electron chi connectivity index (χ1n) is 7.79. The summed E-state index contributed by atoms with van der Waals surface area (Å²) in [6, 6.07) is 3.79. The minimum Gasteiger partial charge on any atom is -0.459 e. The quantitative estimate of drug-likeness (QED) is 0.733. The van der Waals surface area contributed by atoms with Crippen LogP contribution in [0.15, 0.2) is 69.3 Å². The molecular weight excluding hydrogens is 288 g/mol. The van der Waals surface area contributed by atoms with Crippen LogP contribution in [0.4, 0.5) is 0 Å². The van der Waals surface area contributed by atoms with Crippen molar-refractivity contribution in [2.75, 3.05) is 0 Å². The lowest BCUT2D eigenvalue weighted by atomic mass is 10.2. The van der Waals surface area contributed by atoms with Gasteiger partial charge in [0.05, 0.1) is 0 Å². The highest BCUT2D eigenvalue weighted by Gasteiger charge is 2.18. The van der Waals surface area contributed by atoms with Crippen molar-refractivity contribution in [1.82, 2.24) is 0 Å². The molecule has 2 aliphatic rings. The normalized spacial score (nSPS) is 23.5. The van der Waals surface area contributed by atoms with E-state index in [0.717, 1.165) is 33.6 Å². The monoisotopic (exact) mass is 308 g/mol. The van der Waals surface area contributed by atoms with Gasteiger partial charge in [-0.2, -0.15) is 0 Å². The molecular formula is C19H20N2O2. The van der Waals surface area contributed by atoms with E-state index in [1.807, 2.05) is 64.1 Å². The SMILES string of the molecule is C/C=C1\C/C(=C\C)Oc2cc3c(cc2=N1)OC(=C/C)/C(=C\C)N=3. The standard InChI is InChI=1S/C19H20N2O2/c1-5-12-9-13(6-2)22-18-11-16-19(10-15(18)20-12)23-17(8-4)14(7-3)21-16/h5-8,10-11H,9H2,1-4H3/b12-5+,13-6+,14-7+,17-8+. The van der Waals surface area contributed by atoms with E-state index in [0.29, 0.717) is 17.9 Å². The highest BCUT2D eigenvalue weighted by Crippen LogP contribution is 2.24. The summed E-state index contributed by atoms with van der Waals surface area (Å²) in [5, 5.41) is 1.53. The van der Waals surface area contributed by atoms with E-state index in [4.69, 9.17) is 14.5 Å². The Hall–Kier alpha value is -2.62. The Morgan fingerprint density at radius 1 is 0.826 bits per heavy atom. The van der Waals surface area contributed by atoms with Crippen molar-refractivity contribution in [3.05, 3.63) is 70.1 Å². The van der Waals surface area contributed by atoms with Crippen molar-refractivity contribution >= 4 is 0 Å². The molecule has 0 bridgehead atoms. The van der Waals surface area contributed by atoms with Gasteiger partial charge in [0.15, 0.2) is 11.5 Å². The largest absolute Gasteiger partial charge is 0.459 e. The smallest absolute Gasteiger partial charge is 0.155 e. The Bertz CT molecular complexity index is 887. The van der Waals surface area contributed by atoms with Crippen LogP contribution in [-0.4, -0.2) is 0 Å². The highest BCUT2D eigenvalue weighted by atomic mass is 16.5. The lowest BCUT2D eigenvalue weighted by Crippen LogP contribution is -2.20. The molecule has 4 heteroatoms. The van der Waals surface area contributed by atoms with E-state index in [9.17, 15) is 0 Å². The van der Waals surface area contributed by atoms with Crippen molar-refractivity contribution in [3.8, 4) is 11.5 Å². The van der Waals surface area contributed by atoms with Gasteiger partial charge in [0, 0.05) is 24.3 Å². The fraction of sp³-hybridized carbons (Fsp3) is 0.263. The molecule has 2 heterocycles. The van der Waals surface area contributed by atoms with Crippen molar-refractivity contribution in [2.24, 2.45) is 9.98 Å². The molecule has 0 fully saturated rings. The summed E-state index contributed by atoms with van der Waals surface area (Å²) in [6.45, 7) is 7.84. The molecule has 23 heavy (non-hydrogen) atoms. The number of nitrogens with zero attached hydrogens (tertiary/aromatic N) is 2. The second-order valence-corrected chi connectivity index (χ2v) is 5.25. The number of hydrogen-bond acceptors (Lipinski definition) is 4. The molecule has 1 aromatic rings. The molecule has 0 spiro atoms. The molecule has 0 aliphatic carbocycles. The first-order valence-corrected chi connectivity index (χ1v) is 7.79. The molecule has 0 atom stereocenters. The average molecular weight is 308 g/mol. The maximum atomic E-state index is 6.00. The third kappa shape index (κ3) is 2.84. The minimum atomic E-state index is 0.685. The molecule has 0 unspecified atom stereocenters. The average Bonchev–Trinajstić information content (AvgIpc) is 2.76. The molecule has 0 saturated carbocycles. The lowest BCUT2D eigenvalue weighted by Gasteiger charge is -2.16. The van der Waals surface area contributed by atoms with Gasteiger partial charge in [0.25, 0.3) is 0 Å². The second kappa shape index (κ2) is 6.24. The van der Waals surface area contributed by atoms with Crippen LogP contribution in [0.3, 0.4) is 0 Å². The first-order chi connectivity index (χ1) is 11.2. The molecule has 118 valence electrons. The van der Waals surface area contributed by atoms with Crippen LogP contribution < -0.4 is 20.2 Å². The number of fused-ring (bicyclic) bond motifs is 2. The molecule has 2 aliphatic heterocycles. The van der Waals surface area contributed by atoms with Crippen molar-refractivity contribution in [3.63, 3.8) is 0 Å². The van der Waals surface area contributed by atoms with Crippen molar-refractivity contribution in [2.45, 2.75) is 34.1 Å². The Labute approximate surface area is 135 Å². The molecule has 0 aromatic heterocycles. The Kier molecular flexibility index (Phi) is 4.15. The van der Waals surface area contributed by atoms with Gasteiger partial charge in [-0.15, -0.1) is 0 Å². The third-order valence-electron chi connectivity index (χ3n) is 3.81. The highest BCUT2D eigenvalue weighted by molar-refractivity contribution is 5.40. The Balaban J connectivity index is 2.24. The number of hydrogen-bond donors (Lipinski definition) is 0. The van der Waals surface area contributed by atoms with Crippen LogP contribution in [0.25, 0.3) is 0 Å². The number of rotatable bonds is 0. The predicted molar refractivity (Wildman–Crippen MR) is 89.7 cm³/mol. The maximum Gasteiger partial charge on any atom is 0.155 e. The number of ether oxygens (including phenoxy) is 2. The van der Waals surface area contributed by atoms with Crippen LogP contribution in [0.2, 0.25) is 0 Å². The summed E-state index contributed by atoms with van der Waals surface area (Å²) >= 11 is 0. The zero-order chi connectivity index (χ0) is 16.4. The van der Waals surface area contributed by atoms with E-state index in [1.54, 1.807) is 0 Å². The number of benzene rings is 1. The van der Waals surface area contributed by atoms with E-state index in [-0.39, 0.29) is 0 Å². The van der Waals surface area contributed by atoms with E-state index in [2.05, 4.69) is 4.99 Å². The van der Waals surface area contributed by atoms with Crippen LogP contribution in [0.5, 0.6) is 11.5 Å². The van der Waals surface area contributed by atoms with Crippen LogP contribution >= 0.6 is 0 Å². The molecule has 3 rings (SSSR count). The van der Waals surface area contributed by atoms with Gasteiger partial charge >= 0.3 is 0 Å². The molecule has 1 aromatic carbocycles. The maximum absolute atomic E-state index is 6.00. The van der Waals surface area contributed by atoms with Gasteiger partial charge in [-0.1, -0.05) is 12.2 Å². The third-order valence-corrected chi connectivity index (χ3v) is 3.81. The Morgan fingerprint density at radius 3 is 2.13 bits per heavy atom.